The summed E-state index contributed by atoms with van der Waals surface area (Å²) in [7, 11) is 0. The number of rotatable bonds is 6. The van der Waals surface area contributed by atoms with E-state index in [1.165, 1.54) is 50.3 Å². The van der Waals surface area contributed by atoms with E-state index in [1.807, 2.05) is 0 Å². The SMILES string of the molecule is O=C(NO)/C(F)=C/c1ccc(N[C@@H]2CCN(CC3CCCCC3)C2)nc1. The summed E-state index contributed by atoms with van der Waals surface area (Å²) >= 11 is 0. The van der Waals surface area contributed by atoms with Crippen LogP contribution in [0.2, 0.25) is 0 Å². The third-order valence-corrected chi connectivity index (χ3v) is 5.26. The van der Waals surface area contributed by atoms with Crippen LogP contribution >= 0.6 is 0 Å². The number of nitrogens with zero attached hydrogens (tertiary/aromatic N) is 2. The lowest BCUT2D eigenvalue weighted by Gasteiger charge is -2.26. The predicted octanol–water partition coefficient (Wildman–Crippen LogP) is 2.96. The van der Waals surface area contributed by atoms with Crippen LogP contribution in [-0.4, -0.2) is 46.7 Å². The van der Waals surface area contributed by atoms with E-state index in [0.717, 1.165) is 37.3 Å². The van der Waals surface area contributed by atoms with Crippen molar-refractivity contribution >= 4 is 17.8 Å². The summed E-state index contributed by atoms with van der Waals surface area (Å²) in [6.07, 6.45) is 10.5. The summed E-state index contributed by atoms with van der Waals surface area (Å²) in [5, 5.41) is 11.8. The average Bonchev–Trinajstić information content (AvgIpc) is 3.10. The Morgan fingerprint density at radius 1 is 1.31 bits per heavy atom. The molecule has 0 aromatic carbocycles. The first-order valence-corrected chi connectivity index (χ1v) is 9.40. The van der Waals surface area contributed by atoms with Gasteiger partial charge in [0.2, 0.25) is 0 Å². The van der Waals surface area contributed by atoms with Gasteiger partial charge in [-0.15, -0.1) is 0 Å². The predicted molar refractivity (Wildman–Crippen MR) is 98.3 cm³/mol. The van der Waals surface area contributed by atoms with Crippen LogP contribution in [0.1, 0.15) is 44.1 Å². The number of likely N-dealkylation sites (tertiary alicyclic amines) is 1. The highest BCUT2D eigenvalue weighted by molar-refractivity contribution is 5.94. The van der Waals surface area contributed by atoms with Crippen molar-refractivity contribution in [1.29, 1.82) is 0 Å². The minimum atomic E-state index is -1.17. The monoisotopic (exact) mass is 362 g/mol. The molecule has 1 atom stereocenters. The summed E-state index contributed by atoms with van der Waals surface area (Å²) < 4.78 is 13.4. The number of hydrogen-bond donors (Lipinski definition) is 3. The van der Waals surface area contributed by atoms with Crippen molar-refractivity contribution in [2.45, 2.75) is 44.6 Å². The minimum Gasteiger partial charge on any atom is -0.366 e. The molecule has 6 nitrogen and oxygen atoms in total. The van der Waals surface area contributed by atoms with Crippen molar-refractivity contribution in [3.8, 4) is 0 Å². The van der Waals surface area contributed by atoms with E-state index in [9.17, 15) is 9.18 Å². The molecule has 0 bridgehead atoms. The molecule has 2 aliphatic rings. The number of carbonyl (C=O) groups is 1. The second-order valence-electron chi connectivity index (χ2n) is 7.30. The van der Waals surface area contributed by atoms with Crippen LogP contribution in [0, 0.1) is 5.92 Å². The Morgan fingerprint density at radius 3 is 2.81 bits per heavy atom. The lowest BCUT2D eigenvalue weighted by atomic mass is 9.89. The van der Waals surface area contributed by atoms with Crippen LogP contribution in [0.3, 0.4) is 0 Å². The number of hydroxylamine groups is 1. The van der Waals surface area contributed by atoms with E-state index in [0.29, 0.717) is 11.6 Å². The van der Waals surface area contributed by atoms with Gasteiger partial charge in [0.25, 0.3) is 0 Å². The van der Waals surface area contributed by atoms with Gasteiger partial charge in [-0.2, -0.15) is 0 Å². The van der Waals surface area contributed by atoms with E-state index in [4.69, 9.17) is 5.21 Å². The van der Waals surface area contributed by atoms with Crippen molar-refractivity contribution in [3.63, 3.8) is 0 Å². The van der Waals surface area contributed by atoms with Gasteiger partial charge in [-0.05, 0) is 49.0 Å². The second kappa shape index (κ2) is 9.09. The van der Waals surface area contributed by atoms with Crippen LogP contribution in [0.4, 0.5) is 10.2 Å². The summed E-state index contributed by atoms with van der Waals surface area (Å²) in [5.41, 5.74) is 1.72. The van der Waals surface area contributed by atoms with E-state index in [1.54, 1.807) is 12.1 Å². The molecular formula is C19H27FN4O2. The van der Waals surface area contributed by atoms with Crippen molar-refractivity contribution in [3.05, 3.63) is 29.7 Å². The first kappa shape index (κ1) is 18.8. The maximum absolute atomic E-state index is 13.4. The molecular weight excluding hydrogens is 335 g/mol. The van der Waals surface area contributed by atoms with E-state index in [2.05, 4.69) is 15.2 Å². The highest BCUT2D eigenvalue weighted by Crippen LogP contribution is 2.26. The second-order valence-corrected chi connectivity index (χ2v) is 7.30. The van der Waals surface area contributed by atoms with E-state index < -0.39 is 11.7 Å². The highest BCUT2D eigenvalue weighted by Gasteiger charge is 2.25. The van der Waals surface area contributed by atoms with Gasteiger partial charge in [-0.3, -0.25) is 10.0 Å². The Hall–Kier alpha value is -1.99. The molecule has 2 fully saturated rings. The maximum Gasteiger partial charge on any atom is 0.303 e. The molecule has 1 saturated carbocycles. The maximum atomic E-state index is 13.4. The van der Waals surface area contributed by atoms with Crippen molar-refractivity contribution in [1.82, 2.24) is 15.4 Å². The first-order chi connectivity index (χ1) is 12.6. The number of pyridine rings is 1. The van der Waals surface area contributed by atoms with Crippen LogP contribution in [0.25, 0.3) is 6.08 Å². The Bertz CT molecular complexity index is 629. The quantitative estimate of drug-likeness (QED) is 0.412. The number of hydrogen-bond acceptors (Lipinski definition) is 5. The molecule has 0 radical (unpaired) electrons. The van der Waals surface area contributed by atoms with Gasteiger partial charge in [0.1, 0.15) is 5.82 Å². The third kappa shape index (κ3) is 5.25. The molecule has 1 aromatic heterocycles. The average molecular weight is 362 g/mol. The molecule has 0 spiro atoms. The Morgan fingerprint density at radius 2 is 2.12 bits per heavy atom. The molecule has 3 N–H and O–H groups in total. The largest absolute Gasteiger partial charge is 0.366 e. The minimum absolute atomic E-state index is 0.379. The number of halogens is 1. The lowest BCUT2D eigenvalue weighted by molar-refractivity contribution is -0.126. The van der Waals surface area contributed by atoms with Crippen LogP contribution < -0.4 is 10.8 Å². The number of aromatic nitrogens is 1. The van der Waals surface area contributed by atoms with E-state index in [-0.39, 0.29) is 0 Å². The number of nitrogens with one attached hydrogen (secondary N) is 2. The summed E-state index contributed by atoms with van der Waals surface area (Å²) in [5.74, 6) is -0.628. The number of amides is 1. The van der Waals surface area contributed by atoms with Gasteiger partial charge in [-0.25, -0.2) is 14.9 Å². The Labute approximate surface area is 153 Å². The van der Waals surface area contributed by atoms with Gasteiger partial charge in [-0.1, -0.05) is 19.3 Å². The summed E-state index contributed by atoms with van der Waals surface area (Å²) in [6.45, 7) is 3.36. The molecule has 2 heterocycles. The molecule has 7 heteroatoms. The highest BCUT2D eigenvalue weighted by atomic mass is 19.1. The Balaban J connectivity index is 1.48. The molecule has 1 saturated heterocycles. The molecule has 1 amide bonds. The first-order valence-electron chi connectivity index (χ1n) is 9.40. The van der Waals surface area contributed by atoms with Crippen LogP contribution in [0.15, 0.2) is 24.2 Å². The zero-order valence-corrected chi connectivity index (χ0v) is 15.0. The van der Waals surface area contributed by atoms with Crippen molar-refractivity contribution < 1.29 is 14.4 Å². The molecule has 3 rings (SSSR count). The summed E-state index contributed by atoms with van der Waals surface area (Å²) in [4.78, 5) is 17.8. The molecule has 26 heavy (non-hydrogen) atoms. The van der Waals surface area contributed by atoms with E-state index >= 15 is 0 Å². The third-order valence-electron chi connectivity index (χ3n) is 5.26. The van der Waals surface area contributed by atoms with Crippen LogP contribution in [-0.2, 0) is 4.79 Å². The fraction of sp³-hybridized carbons (Fsp3) is 0.579. The zero-order chi connectivity index (χ0) is 18.4. The number of carbonyl (C=O) groups excluding carboxylic acids is 1. The van der Waals surface area contributed by atoms with Gasteiger partial charge in [0.05, 0.1) is 0 Å². The summed E-state index contributed by atoms with van der Waals surface area (Å²) in [6, 6.07) is 3.85. The molecule has 0 unspecified atom stereocenters. The molecule has 1 aliphatic carbocycles. The number of anilines is 1. The smallest absolute Gasteiger partial charge is 0.303 e. The van der Waals surface area contributed by atoms with Gasteiger partial charge >= 0.3 is 5.91 Å². The van der Waals surface area contributed by atoms with Gasteiger partial charge in [0.15, 0.2) is 5.83 Å². The van der Waals surface area contributed by atoms with Gasteiger partial charge < -0.3 is 10.2 Å². The Kier molecular flexibility index (Phi) is 6.57. The molecule has 142 valence electrons. The van der Waals surface area contributed by atoms with Gasteiger partial charge in [0, 0.05) is 31.9 Å². The normalized spacial score (nSPS) is 22.4. The molecule has 1 aliphatic heterocycles. The van der Waals surface area contributed by atoms with Crippen molar-refractivity contribution in [2.24, 2.45) is 5.92 Å². The fourth-order valence-electron chi connectivity index (χ4n) is 3.90. The molecule has 1 aromatic rings. The van der Waals surface area contributed by atoms with Crippen molar-refractivity contribution in [2.75, 3.05) is 25.0 Å². The topological polar surface area (TPSA) is 77.5 Å². The fourth-order valence-corrected chi connectivity index (χ4v) is 3.90. The lowest BCUT2D eigenvalue weighted by Crippen LogP contribution is -2.31. The standard InChI is InChI=1S/C19H27FN4O2/c20-17(19(25)23-26)10-15-6-7-18(21-11-15)22-16-8-9-24(13-16)12-14-4-2-1-3-5-14/h6-7,10-11,14,16,26H,1-5,8-9,12-13H2,(H,21,22)(H,23,25)/b17-10-/t16-/m1/s1. The zero-order valence-electron chi connectivity index (χ0n) is 15.0. The van der Waals surface area contributed by atoms with Crippen LogP contribution in [0.5, 0.6) is 0 Å².